The Hall–Kier alpha value is -0.160. The number of morpholine rings is 2. The fourth-order valence-electron chi connectivity index (χ4n) is 1.03. The van der Waals surface area contributed by atoms with E-state index in [9.17, 15) is 0 Å². The maximum Gasteiger partial charge on any atom is 0.0591 e. The topological polar surface area (TPSA) is 42.5 Å². The molecule has 4 heteroatoms. The Balaban J connectivity index is 0.000000120. The third-order valence-electron chi connectivity index (χ3n) is 1.69. The third kappa shape index (κ3) is 5.49. The number of hydrogen-bond acceptors (Lipinski definition) is 4. The van der Waals surface area contributed by atoms with Gasteiger partial charge in [-0.25, -0.2) is 0 Å². The van der Waals surface area contributed by atoms with Crippen LogP contribution in [0.5, 0.6) is 0 Å². The van der Waals surface area contributed by atoms with Crippen LogP contribution in [0.3, 0.4) is 0 Å². The lowest BCUT2D eigenvalue weighted by atomic mass is 10.5. The van der Waals surface area contributed by atoms with Crippen LogP contribution in [0.15, 0.2) is 0 Å². The van der Waals surface area contributed by atoms with Crippen LogP contribution in [0.4, 0.5) is 0 Å². The minimum Gasteiger partial charge on any atom is -0.379 e. The van der Waals surface area contributed by atoms with Gasteiger partial charge in [0.2, 0.25) is 0 Å². The summed E-state index contributed by atoms with van der Waals surface area (Å²) in [7, 11) is 0. The zero-order chi connectivity index (χ0) is 8.49. The lowest BCUT2D eigenvalue weighted by Crippen LogP contribution is -2.30. The molecule has 0 spiro atoms. The largest absolute Gasteiger partial charge is 0.379 e. The first-order valence-electron chi connectivity index (χ1n) is 4.57. The van der Waals surface area contributed by atoms with Crippen LogP contribution in [0, 0.1) is 0 Å². The van der Waals surface area contributed by atoms with Crippen molar-refractivity contribution in [2.75, 3.05) is 52.6 Å². The Labute approximate surface area is 73.6 Å². The van der Waals surface area contributed by atoms with Gasteiger partial charge < -0.3 is 20.1 Å². The van der Waals surface area contributed by atoms with Crippen molar-refractivity contribution in [2.24, 2.45) is 0 Å². The molecule has 0 bridgehead atoms. The summed E-state index contributed by atoms with van der Waals surface area (Å²) >= 11 is 0. The Morgan fingerprint density at radius 1 is 0.583 bits per heavy atom. The van der Waals surface area contributed by atoms with Crippen molar-refractivity contribution in [1.29, 1.82) is 0 Å². The van der Waals surface area contributed by atoms with Crippen LogP contribution in [-0.2, 0) is 9.47 Å². The SMILES string of the molecule is C1COCCN1.C1COCCN1. The van der Waals surface area contributed by atoms with Crippen molar-refractivity contribution in [3.05, 3.63) is 0 Å². The van der Waals surface area contributed by atoms with Gasteiger partial charge in [-0.1, -0.05) is 0 Å². The Kier molecular flexibility index (Phi) is 6.19. The lowest BCUT2D eigenvalue weighted by Gasteiger charge is -2.10. The molecule has 72 valence electrons. The summed E-state index contributed by atoms with van der Waals surface area (Å²) in [4.78, 5) is 0. The van der Waals surface area contributed by atoms with Gasteiger partial charge in [0.1, 0.15) is 0 Å². The average Bonchev–Trinajstić information content (AvgIpc) is 2.24. The molecule has 2 aliphatic heterocycles. The zero-order valence-electron chi connectivity index (χ0n) is 7.47. The van der Waals surface area contributed by atoms with Gasteiger partial charge in [-0.05, 0) is 0 Å². The lowest BCUT2D eigenvalue weighted by molar-refractivity contribution is 0.109. The number of hydrogen-bond donors (Lipinski definition) is 2. The summed E-state index contributed by atoms with van der Waals surface area (Å²) in [5.41, 5.74) is 0. The molecule has 0 aromatic heterocycles. The second-order valence-electron chi connectivity index (χ2n) is 2.72. The molecule has 0 atom stereocenters. The average molecular weight is 174 g/mol. The molecule has 4 nitrogen and oxygen atoms in total. The van der Waals surface area contributed by atoms with Gasteiger partial charge >= 0.3 is 0 Å². The van der Waals surface area contributed by atoms with E-state index >= 15 is 0 Å². The van der Waals surface area contributed by atoms with Gasteiger partial charge in [0.15, 0.2) is 0 Å². The molecule has 0 unspecified atom stereocenters. The van der Waals surface area contributed by atoms with Crippen LogP contribution in [0.2, 0.25) is 0 Å². The van der Waals surface area contributed by atoms with Crippen molar-refractivity contribution < 1.29 is 9.47 Å². The summed E-state index contributed by atoms with van der Waals surface area (Å²) in [6.07, 6.45) is 0. The van der Waals surface area contributed by atoms with E-state index in [1.165, 1.54) is 0 Å². The molecular weight excluding hydrogens is 156 g/mol. The monoisotopic (exact) mass is 174 g/mol. The highest BCUT2D eigenvalue weighted by atomic mass is 16.5. The summed E-state index contributed by atoms with van der Waals surface area (Å²) < 4.78 is 10.0. The van der Waals surface area contributed by atoms with Gasteiger partial charge in [-0.2, -0.15) is 0 Å². The molecule has 2 fully saturated rings. The van der Waals surface area contributed by atoms with Gasteiger partial charge in [0.05, 0.1) is 26.4 Å². The van der Waals surface area contributed by atoms with Crippen molar-refractivity contribution in [3.8, 4) is 0 Å². The number of ether oxygens (including phenoxy) is 2. The van der Waals surface area contributed by atoms with Crippen LogP contribution < -0.4 is 10.6 Å². The first kappa shape index (κ1) is 9.92. The quantitative estimate of drug-likeness (QED) is 0.505. The molecule has 0 aliphatic carbocycles. The van der Waals surface area contributed by atoms with Crippen LogP contribution in [0.25, 0.3) is 0 Å². The molecule has 0 aromatic carbocycles. The fourth-order valence-corrected chi connectivity index (χ4v) is 1.03. The van der Waals surface area contributed by atoms with Gasteiger partial charge in [0, 0.05) is 26.2 Å². The minimum atomic E-state index is 0.889. The molecular formula is C8H18N2O2. The summed E-state index contributed by atoms with van der Waals surface area (Å²) in [5.74, 6) is 0. The smallest absolute Gasteiger partial charge is 0.0591 e. The van der Waals surface area contributed by atoms with Crippen molar-refractivity contribution in [3.63, 3.8) is 0 Å². The highest BCUT2D eigenvalue weighted by Crippen LogP contribution is 1.77. The van der Waals surface area contributed by atoms with E-state index in [4.69, 9.17) is 9.47 Å². The van der Waals surface area contributed by atoms with Crippen molar-refractivity contribution >= 4 is 0 Å². The van der Waals surface area contributed by atoms with E-state index in [2.05, 4.69) is 10.6 Å². The van der Waals surface area contributed by atoms with Gasteiger partial charge in [-0.3, -0.25) is 0 Å². The first-order chi connectivity index (χ1) is 6.00. The van der Waals surface area contributed by atoms with E-state index in [1.54, 1.807) is 0 Å². The number of nitrogens with one attached hydrogen (secondary N) is 2. The Bertz CT molecular complexity index is 58.0. The van der Waals surface area contributed by atoms with Crippen LogP contribution in [-0.4, -0.2) is 52.6 Å². The van der Waals surface area contributed by atoms with E-state index in [0.717, 1.165) is 52.6 Å². The molecule has 0 radical (unpaired) electrons. The normalized spacial score (nSPS) is 24.0. The van der Waals surface area contributed by atoms with Crippen LogP contribution >= 0.6 is 0 Å². The third-order valence-corrected chi connectivity index (χ3v) is 1.69. The fraction of sp³-hybridized carbons (Fsp3) is 1.00. The molecule has 2 heterocycles. The van der Waals surface area contributed by atoms with E-state index in [1.807, 2.05) is 0 Å². The van der Waals surface area contributed by atoms with Gasteiger partial charge in [0.25, 0.3) is 0 Å². The molecule has 0 amide bonds. The maximum atomic E-state index is 5.01. The highest BCUT2D eigenvalue weighted by Gasteiger charge is 1.93. The summed E-state index contributed by atoms with van der Waals surface area (Å²) in [6, 6.07) is 0. The molecule has 0 aromatic rings. The zero-order valence-corrected chi connectivity index (χ0v) is 7.47. The Morgan fingerprint density at radius 2 is 0.917 bits per heavy atom. The van der Waals surface area contributed by atoms with E-state index in [0.29, 0.717) is 0 Å². The highest BCUT2D eigenvalue weighted by molar-refractivity contribution is 4.50. The van der Waals surface area contributed by atoms with Crippen molar-refractivity contribution in [1.82, 2.24) is 10.6 Å². The number of rotatable bonds is 0. The Morgan fingerprint density at radius 3 is 1.00 bits per heavy atom. The van der Waals surface area contributed by atoms with E-state index in [-0.39, 0.29) is 0 Å². The predicted octanol–water partition coefficient (Wildman–Crippen LogP) is -0.788. The standard InChI is InChI=1S/2C4H9NO/c2*1-3-6-4-2-5-1/h2*5H,1-4H2. The summed E-state index contributed by atoms with van der Waals surface area (Å²) in [6.45, 7) is 7.67. The summed E-state index contributed by atoms with van der Waals surface area (Å²) in [5, 5.41) is 6.32. The second kappa shape index (κ2) is 7.49. The van der Waals surface area contributed by atoms with Crippen molar-refractivity contribution in [2.45, 2.75) is 0 Å². The molecule has 2 aliphatic rings. The molecule has 12 heavy (non-hydrogen) atoms. The second-order valence-corrected chi connectivity index (χ2v) is 2.72. The minimum absolute atomic E-state index is 0.889. The van der Waals surface area contributed by atoms with Crippen LogP contribution in [0.1, 0.15) is 0 Å². The molecule has 0 saturated carbocycles. The van der Waals surface area contributed by atoms with Gasteiger partial charge in [-0.15, -0.1) is 0 Å². The molecule has 2 rings (SSSR count). The molecule has 2 saturated heterocycles. The van der Waals surface area contributed by atoms with E-state index < -0.39 is 0 Å². The predicted molar refractivity (Wildman–Crippen MR) is 47.4 cm³/mol. The maximum absolute atomic E-state index is 5.01. The first-order valence-corrected chi connectivity index (χ1v) is 4.57. The molecule has 2 N–H and O–H groups in total.